The predicted molar refractivity (Wildman–Crippen MR) is 93.8 cm³/mol. The number of hydrogen-bond acceptors (Lipinski definition) is 6. The van der Waals surface area contributed by atoms with Crippen molar-refractivity contribution in [3.8, 4) is 0 Å². The van der Waals surface area contributed by atoms with E-state index in [4.69, 9.17) is 0 Å². The molecule has 38 heavy (non-hydrogen) atoms. The third-order valence-electron chi connectivity index (χ3n) is 3.89. The molecule has 0 aliphatic heterocycles. The summed E-state index contributed by atoms with van der Waals surface area (Å²) in [5, 5.41) is 0. The SMILES string of the molecule is CC(COCC(F)(F)C(F)(F)C(F)(F)F)OC(=O)/C=C\C(=O)OC(C)COCC(F)(F)C(F)(F)C(F)(F)F. The van der Waals surface area contributed by atoms with Crippen molar-refractivity contribution in [2.75, 3.05) is 26.4 Å². The van der Waals surface area contributed by atoms with E-state index >= 15 is 0 Å². The van der Waals surface area contributed by atoms with Crippen LogP contribution in [0.1, 0.15) is 13.8 Å². The molecule has 0 aliphatic carbocycles. The molecule has 20 heteroatoms. The van der Waals surface area contributed by atoms with Gasteiger partial charge in [-0.2, -0.15) is 61.5 Å². The highest BCUT2D eigenvalue weighted by atomic mass is 19.4. The van der Waals surface area contributed by atoms with Gasteiger partial charge in [-0.05, 0) is 13.8 Å². The molecule has 0 radical (unpaired) electrons. The van der Waals surface area contributed by atoms with Gasteiger partial charge in [0.1, 0.15) is 25.4 Å². The van der Waals surface area contributed by atoms with Gasteiger partial charge in [0.25, 0.3) is 0 Å². The van der Waals surface area contributed by atoms with Crippen molar-refractivity contribution in [2.24, 2.45) is 0 Å². The summed E-state index contributed by atoms with van der Waals surface area (Å²) < 4.78 is 192. The number of rotatable bonds is 14. The second-order valence-electron chi connectivity index (χ2n) is 7.41. The maximum absolute atomic E-state index is 13.1. The predicted octanol–water partition coefficient (Wildman–Crippen LogP) is 5.11. The Morgan fingerprint density at radius 3 is 1.08 bits per heavy atom. The van der Waals surface area contributed by atoms with Crippen molar-refractivity contribution in [1.29, 1.82) is 0 Å². The van der Waals surface area contributed by atoms with Crippen LogP contribution >= 0.6 is 0 Å². The highest BCUT2D eigenvalue weighted by Gasteiger charge is 2.73. The third kappa shape index (κ3) is 9.73. The molecule has 0 saturated carbocycles. The molecule has 0 aromatic rings. The minimum atomic E-state index is -6.58. The van der Waals surface area contributed by atoms with Crippen LogP contribution in [-0.4, -0.2) is 86.6 Å². The summed E-state index contributed by atoms with van der Waals surface area (Å²) in [5.41, 5.74) is 0. The van der Waals surface area contributed by atoms with Gasteiger partial charge >= 0.3 is 48.0 Å². The number of carbonyl (C=O) groups excluding carboxylic acids is 2. The molecule has 0 N–H and O–H groups in total. The van der Waals surface area contributed by atoms with Gasteiger partial charge in [-0.25, -0.2) is 9.59 Å². The maximum Gasteiger partial charge on any atom is 0.459 e. The van der Waals surface area contributed by atoms with Gasteiger partial charge in [-0.1, -0.05) is 0 Å². The summed E-state index contributed by atoms with van der Waals surface area (Å²) in [7, 11) is 0. The van der Waals surface area contributed by atoms with Gasteiger partial charge in [-0.3, -0.25) is 0 Å². The largest absolute Gasteiger partial charge is 0.459 e. The smallest absolute Gasteiger partial charge is 0.457 e. The monoisotopic (exact) mass is 596 g/mol. The van der Waals surface area contributed by atoms with E-state index in [1.165, 1.54) is 0 Å². The average molecular weight is 596 g/mol. The van der Waals surface area contributed by atoms with E-state index in [0.717, 1.165) is 13.8 Å². The van der Waals surface area contributed by atoms with Crippen molar-refractivity contribution >= 4 is 11.9 Å². The van der Waals surface area contributed by atoms with Crippen molar-refractivity contribution in [2.45, 2.75) is 62.1 Å². The molecule has 0 aliphatic rings. The average Bonchev–Trinajstić information content (AvgIpc) is 2.70. The summed E-state index contributed by atoms with van der Waals surface area (Å²) in [4.78, 5) is 23.0. The molecule has 0 aromatic heterocycles. The Labute approximate surface area is 203 Å². The Bertz CT molecular complexity index is 755. The standard InChI is InChI=1S/C18H18F14O6/c1-9(5-35-7-13(19,20)15(23,24)17(27,28)29)37-11(33)3-4-12(34)38-10(2)6-36-8-14(21,22)16(25,26)18(30,31)32/h3-4,9-10H,5-8H2,1-2H3/b4-3-. The first-order valence-corrected chi connectivity index (χ1v) is 9.68. The molecule has 0 saturated heterocycles. The molecule has 6 nitrogen and oxygen atoms in total. The van der Waals surface area contributed by atoms with Crippen LogP contribution < -0.4 is 0 Å². The van der Waals surface area contributed by atoms with Gasteiger partial charge in [0, 0.05) is 12.2 Å². The van der Waals surface area contributed by atoms with Crippen LogP contribution in [0.3, 0.4) is 0 Å². The van der Waals surface area contributed by atoms with E-state index < -0.39 is 86.6 Å². The molecule has 0 spiro atoms. The summed E-state index contributed by atoms with van der Waals surface area (Å²) in [6, 6.07) is 0. The van der Waals surface area contributed by atoms with Crippen molar-refractivity contribution in [1.82, 2.24) is 0 Å². The maximum atomic E-state index is 13.1. The van der Waals surface area contributed by atoms with E-state index in [-0.39, 0.29) is 0 Å². The quantitative estimate of drug-likeness (QED) is 0.158. The lowest BCUT2D eigenvalue weighted by Crippen LogP contribution is -2.54. The fraction of sp³-hybridized carbons (Fsp3) is 0.778. The van der Waals surface area contributed by atoms with Crippen LogP contribution in [0.5, 0.6) is 0 Å². The molecule has 224 valence electrons. The molecular weight excluding hydrogens is 578 g/mol. The normalized spacial score (nSPS) is 15.9. The minimum absolute atomic E-state index is 0.330. The minimum Gasteiger partial charge on any atom is -0.457 e. The molecule has 2 unspecified atom stereocenters. The topological polar surface area (TPSA) is 71.1 Å². The van der Waals surface area contributed by atoms with Crippen LogP contribution in [-0.2, 0) is 28.5 Å². The van der Waals surface area contributed by atoms with Gasteiger partial charge < -0.3 is 18.9 Å². The Kier molecular flexibility index (Phi) is 11.9. The number of alkyl halides is 14. The van der Waals surface area contributed by atoms with Crippen LogP contribution in [0.2, 0.25) is 0 Å². The summed E-state index contributed by atoms with van der Waals surface area (Å²) in [6.45, 7) is -5.10. The Morgan fingerprint density at radius 2 is 0.842 bits per heavy atom. The Balaban J connectivity index is 4.56. The zero-order valence-corrected chi connectivity index (χ0v) is 18.9. The second-order valence-corrected chi connectivity index (χ2v) is 7.41. The second kappa shape index (κ2) is 12.6. The highest BCUT2D eigenvalue weighted by molar-refractivity contribution is 5.91. The van der Waals surface area contributed by atoms with Gasteiger partial charge in [0.2, 0.25) is 0 Å². The molecule has 0 fully saturated rings. The lowest BCUT2D eigenvalue weighted by molar-refractivity contribution is -0.361. The number of ether oxygens (including phenoxy) is 4. The van der Waals surface area contributed by atoms with E-state index in [1.54, 1.807) is 0 Å². The Morgan fingerprint density at radius 1 is 0.579 bits per heavy atom. The van der Waals surface area contributed by atoms with E-state index in [9.17, 15) is 71.1 Å². The van der Waals surface area contributed by atoms with Gasteiger partial charge in [0.15, 0.2) is 0 Å². The highest BCUT2D eigenvalue weighted by Crippen LogP contribution is 2.47. The zero-order valence-electron chi connectivity index (χ0n) is 18.9. The van der Waals surface area contributed by atoms with Gasteiger partial charge in [0.05, 0.1) is 13.2 Å². The van der Waals surface area contributed by atoms with Gasteiger partial charge in [-0.15, -0.1) is 0 Å². The van der Waals surface area contributed by atoms with Crippen molar-refractivity contribution in [3.05, 3.63) is 12.2 Å². The summed E-state index contributed by atoms with van der Waals surface area (Å²) in [6.07, 6.45) is -15.5. The number of hydrogen-bond donors (Lipinski definition) is 0. The zero-order chi connectivity index (χ0) is 30.4. The number of carbonyl (C=O) groups is 2. The van der Waals surface area contributed by atoms with Crippen LogP contribution in [0.4, 0.5) is 61.5 Å². The number of halogens is 14. The van der Waals surface area contributed by atoms with Crippen molar-refractivity contribution < 1.29 is 90.0 Å². The first-order valence-electron chi connectivity index (χ1n) is 9.68. The summed E-state index contributed by atoms with van der Waals surface area (Å²) >= 11 is 0. The van der Waals surface area contributed by atoms with Crippen LogP contribution in [0.15, 0.2) is 12.2 Å². The molecule has 0 bridgehead atoms. The lowest BCUT2D eigenvalue weighted by Gasteiger charge is -2.28. The molecule has 0 heterocycles. The molecule has 0 amide bonds. The fourth-order valence-corrected chi connectivity index (χ4v) is 1.98. The number of esters is 2. The van der Waals surface area contributed by atoms with E-state index in [0.29, 0.717) is 12.2 Å². The first-order chi connectivity index (χ1) is 16.8. The molecular formula is C18H18F14O6. The van der Waals surface area contributed by atoms with Crippen LogP contribution in [0, 0.1) is 0 Å². The Hall–Kier alpha value is -2.38. The fourth-order valence-electron chi connectivity index (χ4n) is 1.98. The lowest BCUT2D eigenvalue weighted by atomic mass is 10.2. The molecule has 2 atom stereocenters. The summed E-state index contributed by atoms with van der Waals surface area (Å²) in [5.74, 6) is -27.0. The third-order valence-corrected chi connectivity index (χ3v) is 3.89. The van der Waals surface area contributed by atoms with Crippen molar-refractivity contribution in [3.63, 3.8) is 0 Å². The van der Waals surface area contributed by atoms with Crippen LogP contribution in [0.25, 0.3) is 0 Å². The first kappa shape index (κ1) is 35.6. The molecule has 0 rings (SSSR count). The van der Waals surface area contributed by atoms with E-state index in [1.807, 2.05) is 0 Å². The van der Waals surface area contributed by atoms with E-state index in [2.05, 4.69) is 18.9 Å². The molecule has 0 aromatic carbocycles.